The molecule has 0 aliphatic carbocycles. The number of nitrogens with zero attached hydrogens (tertiary/aromatic N) is 2. The van der Waals surface area contributed by atoms with Crippen LogP contribution in [-0.2, 0) is 5.54 Å². The summed E-state index contributed by atoms with van der Waals surface area (Å²) in [5.74, 6) is 0. The lowest BCUT2D eigenvalue weighted by atomic mass is 10.1. The number of aromatic nitrogens is 2. The largest absolute Gasteiger partial charge is 0.287 e. The summed E-state index contributed by atoms with van der Waals surface area (Å²) < 4.78 is 1.62. The first-order valence-electron chi connectivity index (χ1n) is 7.67. The molecule has 0 fully saturated rings. The van der Waals surface area contributed by atoms with Crippen molar-refractivity contribution in [3.05, 3.63) is 61.5 Å². The van der Waals surface area contributed by atoms with Crippen LogP contribution in [0.5, 0.6) is 0 Å². The van der Waals surface area contributed by atoms with Crippen molar-refractivity contribution in [2.24, 2.45) is 0 Å². The third kappa shape index (κ3) is 5.27. The van der Waals surface area contributed by atoms with E-state index in [4.69, 9.17) is 34.8 Å². The highest BCUT2D eigenvalue weighted by molar-refractivity contribution is 7.99. The minimum absolute atomic E-state index is 0.105. The lowest BCUT2D eigenvalue weighted by Crippen LogP contribution is -2.36. The van der Waals surface area contributed by atoms with Gasteiger partial charge in [-0.2, -0.15) is 5.10 Å². The molecule has 1 unspecified atom stereocenters. The molecule has 3 nitrogen and oxygen atoms in total. The summed E-state index contributed by atoms with van der Waals surface area (Å²) in [6.45, 7) is 7.79. The van der Waals surface area contributed by atoms with E-state index >= 15 is 0 Å². The van der Waals surface area contributed by atoms with Crippen LogP contribution in [0.1, 0.15) is 44.1 Å². The fourth-order valence-corrected chi connectivity index (χ4v) is 3.71. The highest BCUT2D eigenvalue weighted by atomic mass is 35.5. The molecule has 25 heavy (non-hydrogen) atoms. The summed E-state index contributed by atoms with van der Waals surface area (Å²) >= 11 is 19.1. The molecule has 0 saturated carbocycles. The zero-order valence-corrected chi connectivity index (χ0v) is 17.5. The predicted molar refractivity (Wildman–Crippen MR) is 109 cm³/mol. The number of rotatable bonds is 4. The second kappa shape index (κ2) is 8.17. The molecule has 1 aromatic heterocycles. The maximum absolute atomic E-state index is 12.4. The van der Waals surface area contributed by atoms with E-state index in [9.17, 15) is 4.79 Å². The average molecular weight is 418 g/mol. The Kier molecular flexibility index (Phi) is 6.66. The van der Waals surface area contributed by atoms with E-state index in [0.29, 0.717) is 4.90 Å². The van der Waals surface area contributed by atoms with Gasteiger partial charge in [0.25, 0.3) is 5.56 Å². The first-order chi connectivity index (χ1) is 11.6. The highest BCUT2D eigenvalue weighted by Gasteiger charge is 2.20. The molecule has 0 saturated heterocycles. The smallest absolute Gasteiger partial charge is 0.266 e. The lowest BCUT2D eigenvalue weighted by molar-refractivity contribution is 0.336. The molecule has 1 atom stereocenters. The molecule has 134 valence electrons. The molecule has 0 N–H and O–H groups in total. The quantitative estimate of drug-likeness (QED) is 0.549. The van der Waals surface area contributed by atoms with Crippen molar-refractivity contribution in [2.75, 3.05) is 0 Å². The molecule has 0 bridgehead atoms. The first-order valence-corrected chi connectivity index (χ1v) is 9.68. The Balaban J connectivity index is 2.23. The van der Waals surface area contributed by atoms with E-state index in [1.807, 2.05) is 45.0 Å². The maximum atomic E-state index is 12.4. The Bertz CT molecular complexity index is 835. The van der Waals surface area contributed by atoms with Crippen LogP contribution >= 0.6 is 46.6 Å². The molecule has 0 amide bonds. The van der Waals surface area contributed by atoms with Crippen molar-refractivity contribution in [3.63, 3.8) is 0 Å². The van der Waals surface area contributed by atoms with E-state index in [1.54, 1.807) is 12.3 Å². The Morgan fingerprint density at radius 1 is 1.24 bits per heavy atom. The Hall–Kier alpha value is -0.940. The van der Waals surface area contributed by atoms with Crippen LogP contribution in [0.3, 0.4) is 0 Å². The van der Waals surface area contributed by atoms with Gasteiger partial charge in [-0.25, -0.2) is 4.68 Å². The van der Waals surface area contributed by atoms with E-state index in [-0.39, 0.29) is 20.3 Å². The number of hydrogen-bond donors (Lipinski definition) is 0. The van der Waals surface area contributed by atoms with Crippen LogP contribution in [0.2, 0.25) is 5.02 Å². The van der Waals surface area contributed by atoms with Gasteiger partial charge in [-0.1, -0.05) is 59.1 Å². The number of benzene rings is 1. The molecule has 1 heterocycles. The van der Waals surface area contributed by atoms with Crippen molar-refractivity contribution in [1.29, 1.82) is 0 Å². The molecule has 0 spiro atoms. The summed E-state index contributed by atoms with van der Waals surface area (Å²) in [4.78, 5) is 13.1. The zero-order chi connectivity index (χ0) is 18.8. The molecule has 7 heteroatoms. The van der Waals surface area contributed by atoms with Gasteiger partial charge in [0, 0.05) is 5.25 Å². The monoisotopic (exact) mass is 416 g/mol. The third-order valence-electron chi connectivity index (χ3n) is 3.51. The number of hydrogen-bond acceptors (Lipinski definition) is 3. The maximum Gasteiger partial charge on any atom is 0.287 e. The van der Waals surface area contributed by atoms with Gasteiger partial charge in [0.1, 0.15) is 9.51 Å². The van der Waals surface area contributed by atoms with Crippen LogP contribution in [0.25, 0.3) is 6.08 Å². The second-order valence-electron chi connectivity index (χ2n) is 6.57. The molecule has 0 radical (unpaired) electrons. The van der Waals surface area contributed by atoms with Gasteiger partial charge in [0.2, 0.25) is 0 Å². The minimum atomic E-state index is -0.414. The highest BCUT2D eigenvalue weighted by Crippen LogP contribution is 2.37. The topological polar surface area (TPSA) is 34.9 Å². The molecule has 2 rings (SSSR count). The zero-order valence-electron chi connectivity index (χ0n) is 14.4. The van der Waals surface area contributed by atoms with Crippen molar-refractivity contribution < 1.29 is 0 Å². The normalized spacial score (nSPS) is 12.8. The molecule has 0 aliphatic rings. The number of thioether (sulfide) groups is 1. The van der Waals surface area contributed by atoms with E-state index in [1.165, 1.54) is 16.4 Å². The van der Waals surface area contributed by atoms with Gasteiger partial charge in [0.15, 0.2) is 0 Å². The average Bonchev–Trinajstić information content (AvgIpc) is 2.50. The van der Waals surface area contributed by atoms with Gasteiger partial charge in [0.05, 0.1) is 16.6 Å². The van der Waals surface area contributed by atoms with Gasteiger partial charge < -0.3 is 0 Å². The summed E-state index contributed by atoms with van der Waals surface area (Å²) in [6.07, 6.45) is 3.33. The van der Waals surface area contributed by atoms with Crippen molar-refractivity contribution in [3.8, 4) is 0 Å². The van der Waals surface area contributed by atoms with Gasteiger partial charge in [-0.15, -0.1) is 11.8 Å². The fraction of sp³-hybridized carbons (Fsp3) is 0.333. The Morgan fingerprint density at radius 2 is 1.84 bits per heavy atom. The Morgan fingerprint density at radius 3 is 2.36 bits per heavy atom. The van der Waals surface area contributed by atoms with Crippen LogP contribution in [-0.4, -0.2) is 9.78 Å². The van der Waals surface area contributed by atoms with Gasteiger partial charge >= 0.3 is 0 Å². The molecule has 1 aromatic carbocycles. The van der Waals surface area contributed by atoms with Gasteiger partial charge in [-0.3, -0.25) is 4.79 Å². The SMILES string of the molecule is CC(Sc1cnn(C(C)(C)C)c(=O)c1Cl)c1ccc(C=C(Cl)Cl)cc1. The standard InChI is InChI=1S/C18H19Cl3N2OS/c1-11(13-7-5-12(6-8-13)9-15(19)20)25-14-10-22-23(18(2,3)4)17(24)16(14)21/h5-11H,1-4H3. The van der Waals surface area contributed by atoms with E-state index in [2.05, 4.69) is 12.0 Å². The van der Waals surface area contributed by atoms with Crippen molar-refractivity contribution in [2.45, 2.75) is 43.4 Å². The summed E-state index contributed by atoms with van der Waals surface area (Å²) in [7, 11) is 0. The second-order valence-corrected chi connectivity index (χ2v) is 9.34. The summed E-state index contributed by atoms with van der Waals surface area (Å²) in [6, 6.07) is 7.87. The number of halogens is 3. The molecular formula is C18H19Cl3N2OS. The molecule has 2 aromatic rings. The fourth-order valence-electron chi connectivity index (χ4n) is 2.23. The first kappa shape index (κ1) is 20.4. The third-order valence-corrected chi connectivity index (χ3v) is 5.39. The Labute approximate surface area is 167 Å². The van der Waals surface area contributed by atoms with E-state index in [0.717, 1.165) is 11.1 Å². The van der Waals surface area contributed by atoms with Gasteiger partial charge in [-0.05, 0) is 44.9 Å². The predicted octanol–water partition coefficient (Wildman–Crippen LogP) is 6.28. The van der Waals surface area contributed by atoms with Crippen molar-refractivity contribution >= 4 is 52.6 Å². The lowest BCUT2D eigenvalue weighted by Gasteiger charge is -2.21. The summed E-state index contributed by atoms with van der Waals surface area (Å²) in [5, 5.41) is 4.57. The van der Waals surface area contributed by atoms with E-state index < -0.39 is 5.54 Å². The summed E-state index contributed by atoms with van der Waals surface area (Å²) in [5.41, 5.74) is 1.34. The van der Waals surface area contributed by atoms with Crippen LogP contribution in [0, 0.1) is 0 Å². The van der Waals surface area contributed by atoms with Crippen LogP contribution < -0.4 is 5.56 Å². The van der Waals surface area contributed by atoms with Crippen molar-refractivity contribution in [1.82, 2.24) is 9.78 Å². The minimum Gasteiger partial charge on any atom is -0.266 e. The molecular weight excluding hydrogens is 399 g/mol. The molecule has 0 aliphatic heterocycles. The van der Waals surface area contributed by atoms with Crippen LogP contribution in [0.15, 0.2) is 44.6 Å². The van der Waals surface area contributed by atoms with Crippen LogP contribution in [0.4, 0.5) is 0 Å².